The minimum Gasteiger partial charge on any atom is -0.477 e. The first-order valence-corrected chi connectivity index (χ1v) is 6.66. The summed E-state index contributed by atoms with van der Waals surface area (Å²) in [6.07, 6.45) is -4.34. The van der Waals surface area contributed by atoms with Crippen molar-refractivity contribution in [2.75, 3.05) is 6.61 Å². The number of aromatic nitrogens is 1. The van der Waals surface area contributed by atoms with Crippen molar-refractivity contribution in [2.45, 2.75) is 12.6 Å². The highest BCUT2D eigenvalue weighted by Gasteiger charge is 2.30. The number of thiazole rings is 1. The van der Waals surface area contributed by atoms with Gasteiger partial charge in [0.25, 0.3) is 0 Å². The number of carboxylic acids is 1. The lowest BCUT2D eigenvalue weighted by Gasteiger charge is -2.06. The Morgan fingerprint density at radius 2 is 1.86 bits per heavy atom. The van der Waals surface area contributed by atoms with Crippen molar-refractivity contribution < 1.29 is 28.2 Å². The number of aliphatic hydroxyl groups excluding tert-OH is 1. The van der Waals surface area contributed by atoms with Crippen LogP contribution in [0.4, 0.5) is 13.2 Å². The third kappa shape index (κ3) is 3.40. The largest absolute Gasteiger partial charge is 0.477 e. The van der Waals surface area contributed by atoms with E-state index in [1.165, 1.54) is 12.1 Å². The summed E-state index contributed by atoms with van der Waals surface area (Å²) in [5.74, 6) is -1.17. The minimum absolute atomic E-state index is 0.0149. The molecule has 0 amide bonds. The van der Waals surface area contributed by atoms with Gasteiger partial charge >= 0.3 is 12.1 Å². The molecule has 0 spiro atoms. The fourth-order valence-corrected chi connectivity index (χ4v) is 2.68. The van der Waals surface area contributed by atoms with Gasteiger partial charge in [0.2, 0.25) is 0 Å². The number of carbonyl (C=O) groups is 1. The first kappa shape index (κ1) is 15.5. The third-order valence-corrected chi connectivity index (χ3v) is 3.83. The van der Waals surface area contributed by atoms with Crippen LogP contribution in [0, 0.1) is 0 Å². The van der Waals surface area contributed by atoms with Crippen molar-refractivity contribution in [3.8, 4) is 10.6 Å². The summed E-state index contributed by atoms with van der Waals surface area (Å²) < 4.78 is 37.4. The van der Waals surface area contributed by atoms with E-state index in [0.717, 1.165) is 23.5 Å². The van der Waals surface area contributed by atoms with E-state index >= 15 is 0 Å². The van der Waals surface area contributed by atoms with Gasteiger partial charge in [-0.3, -0.25) is 0 Å². The summed E-state index contributed by atoms with van der Waals surface area (Å²) in [6.45, 7) is -0.254. The van der Waals surface area contributed by atoms with E-state index in [-0.39, 0.29) is 23.6 Å². The van der Waals surface area contributed by atoms with Gasteiger partial charge in [-0.15, -0.1) is 11.3 Å². The normalized spacial score (nSPS) is 11.6. The van der Waals surface area contributed by atoms with E-state index in [9.17, 15) is 18.0 Å². The quantitative estimate of drug-likeness (QED) is 0.909. The SMILES string of the molecule is O=C(O)c1sc(-c2ccc(C(F)(F)F)cc2)nc1CCO. The Kier molecular flexibility index (Phi) is 4.29. The highest BCUT2D eigenvalue weighted by molar-refractivity contribution is 7.17. The maximum absolute atomic E-state index is 12.5. The second-order valence-corrected chi connectivity index (χ2v) is 5.15. The molecule has 0 aliphatic carbocycles. The van der Waals surface area contributed by atoms with Crippen LogP contribution in [0.2, 0.25) is 0 Å². The fourth-order valence-electron chi connectivity index (χ4n) is 1.72. The Morgan fingerprint density at radius 1 is 1.24 bits per heavy atom. The number of rotatable bonds is 4. The maximum atomic E-state index is 12.5. The van der Waals surface area contributed by atoms with Gasteiger partial charge in [0.1, 0.15) is 9.88 Å². The molecule has 112 valence electrons. The fraction of sp³-hybridized carbons (Fsp3) is 0.231. The number of hydrogen-bond acceptors (Lipinski definition) is 4. The summed E-state index contributed by atoms with van der Waals surface area (Å²) in [5.41, 5.74) is -0.151. The molecule has 1 aromatic heterocycles. The molecule has 8 heteroatoms. The zero-order valence-corrected chi connectivity index (χ0v) is 11.3. The van der Waals surface area contributed by atoms with E-state index in [0.29, 0.717) is 10.6 Å². The Labute approximate surface area is 121 Å². The van der Waals surface area contributed by atoms with Gasteiger partial charge < -0.3 is 10.2 Å². The second-order valence-electron chi connectivity index (χ2n) is 4.15. The minimum atomic E-state index is -4.42. The highest BCUT2D eigenvalue weighted by atomic mass is 32.1. The number of benzene rings is 1. The summed E-state index contributed by atoms with van der Waals surface area (Å²) in [4.78, 5) is 15.1. The molecule has 21 heavy (non-hydrogen) atoms. The summed E-state index contributed by atoms with van der Waals surface area (Å²) >= 11 is 0.871. The predicted octanol–water partition coefficient (Wildman–Crippen LogP) is 3.06. The number of aliphatic hydroxyl groups is 1. The molecule has 0 atom stereocenters. The Morgan fingerprint density at radius 3 is 2.33 bits per heavy atom. The summed E-state index contributed by atoms with van der Waals surface area (Å²) in [6, 6.07) is 4.33. The number of alkyl halides is 3. The van der Waals surface area contributed by atoms with Crippen molar-refractivity contribution in [3.05, 3.63) is 40.4 Å². The number of hydrogen-bond donors (Lipinski definition) is 2. The number of nitrogens with zero attached hydrogens (tertiary/aromatic N) is 1. The molecule has 0 unspecified atom stereocenters. The molecule has 0 aliphatic rings. The number of carboxylic acid groups (broad SMARTS) is 1. The van der Waals surface area contributed by atoms with Crippen molar-refractivity contribution in [1.82, 2.24) is 4.98 Å². The van der Waals surface area contributed by atoms with E-state index < -0.39 is 17.7 Å². The summed E-state index contributed by atoms with van der Waals surface area (Å²) in [7, 11) is 0. The van der Waals surface area contributed by atoms with Crippen LogP contribution < -0.4 is 0 Å². The van der Waals surface area contributed by atoms with Gasteiger partial charge in [0.05, 0.1) is 11.3 Å². The molecule has 0 aliphatic heterocycles. The van der Waals surface area contributed by atoms with Crippen LogP contribution in [-0.4, -0.2) is 27.8 Å². The molecule has 4 nitrogen and oxygen atoms in total. The zero-order chi connectivity index (χ0) is 15.6. The monoisotopic (exact) mass is 317 g/mol. The Balaban J connectivity index is 2.38. The van der Waals surface area contributed by atoms with Crippen LogP contribution in [0.3, 0.4) is 0 Å². The van der Waals surface area contributed by atoms with Crippen molar-refractivity contribution in [3.63, 3.8) is 0 Å². The molecule has 0 fully saturated rings. The van der Waals surface area contributed by atoms with Crippen LogP contribution in [0.25, 0.3) is 10.6 Å². The Hall–Kier alpha value is -1.93. The molecule has 0 saturated heterocycles. The van der Waals surface area contributed by atoms with Crippen LogP contribution >= 0.6 is 11.3 Å². The topological polar surface area (TPSA) is 70.4 Å². The maximum Gasteiger partial charge on any atom is 0.416 e. The molecule has 1 heterocycles. The van der Waals surface area contributed by atoms with Gasteiger partial charge in [-0.25, -0.2) is 9.78 Å². The average Bonchev–Trinajstić information content (AvgIpc) is 2.82. The molecular weight excluding hydrogens is 307 g/mol. The van der Waals surface area contributed by atoms with Gasteiger partial charge in [-0.1, -0.05) is 12.1 Å². The molecule has 0 saturated carbocycles. The van der Waals surface area contributed by atoms with E-state index in [1.54, 1.807) is 0 Å². The van der Waals surface area contributed by atoms with Gasteiger partial charge in [0.15, 0.2) is 0 Å². The lowest BCUT2D eigenvalue weighted by molar-refractivity contribution is -0.137. The van der Waals surface area contributed by atoms with Crippen LogP contribution in [0.5, 0.6) is 0 Å². The zero-order valence-electron chi connectivity index (χ0n) is 10.5. The predicted molar refractivity (Wildman–Crippen MR) is 70.3 cm³/mol. The Bertz CT molecular complexity index is 650. The number of aromatic carboxylic acids is 1. The van der Waals surface area contributed by atoms with E-state index in [4.69, 9.17) is 10.2 Å². The first-order valence-electron chi connectivity index (χ1n) is 5.84. The first-order chi connectivity index (χ1) is 9.82. The number of halogens is 3. The average molecular weight is 317 g/mol. The molecule has 2 aromatic rings. The van der Waals surface area contributed by atoms with Crippen molar-refractivity contribution in [1.29, 1.82) is 0 Å². The van der Waals surface area contributed by atoms with Crippen LogP contribution in [0.15, 0.2) is 24.3 Å². The summed E-state index contributed by atoms with van der Waals surface area (Å²) in [5, 5.41) is 18.2. The molecule has 0 radical (unpaired) electrons. The smallest absolute Gasteiger partial charge is 0.416 e. The standard InChI is InChI=1S/C13H10F3NO3S/c14-13(15,16)8-3-1-7(2-4-8)11-17-9(5-6-18)10(21-11)12(19)20/h1-4,18H,5-6H2,(H,19,20). The molecule has 2 rings (SSSR count). The van der Waals surface area contributed by atoms with Gasteiger partial charge in [-0.2, -0.15) is 13.2 Å². The van der Waals surface area contributed by atoms with Crippen molar-refractivity contribution >= 4 is 17.3 Å². The lowest BCUT2D eigenvalue weighted by Crippen LogP contribution is -2.03. The van der Waals surface area contributed by atoms with Crippen LogP contribution in [0.1, 0.15) is 20.9 Å². The molecule has 2 N–H and O–H groups in total. The van der Waals surface area contributed by atoms with E-state index in [1.807, 2.05) is 0 Å². The lowest BCUT2D eigenvalue weighted by atomic mass is 10.1. The second kappa shape index (κ2) is 5.82. The highest BCUT2D eigenvalue weighted by Crippen LogP contribution is 2.33. The molecular formula is C13H10F3NO3S. The van der Waals surface area contributed by atoms with Crippen LogP contribution in [-0.2, 0) is 12.6 Å². The van der Waals surface area contributed by atoms with Gasteiger partial charge in [-0.05, 0) is 12.1 Å². The molecule has 1 aromatic carbocycles. The van der Waals surface area contributed by atoms with E-state index in [2.05, 4.69) is 4.98 Å². The van der Waals surface area contributed by atoms with Gasteiger partial charge in [0, 0.05) is 18.6 Å². The molecule has 0 bridgehead atoms. The van der Waals surface area contributed by atoms with Crippen molar-refractivity contribution in [2.24, 2.45) is 0 Å². The third-order valence-electron chi connectivity index (χ3n) is 2.70.